The van der Waals surface area contributed by atoms with Crippen molar-refractivity contribution in [1.82, 2.24) is 0 Å². The Labute approximate surface area is 105 Å². The molecule has 0 fully saturated rings. The second kappa shape index (κ2) is 5.48. The van der Waals surface area contributed by atoms with Crippen LogP contribution in [0.15, 0.2) is 24.3 Å². The maximum absolute atomic E-state index is 10.6. The third-order valence-electron chi connectivity index (χ3n) is 2.50. The average molecular weight is 252 g/mol. The van der Waals surface area contributed by atoms with Crippen LogP contribution in [-0.2, 0) is 4.79 Å². The van der Waals surface area contributed by atoms with Crippen molar-refractivity contribution in [2.24, 2.45) is 0 Å². The molecule has 0 aliphatic rings. The van der Waals surface area contributed by atoms with E-state index in [4.69, 9.17) is 5.11 Å². The number of anilines is 1. The molecule has 0 bridgehead atoms. The van der Waals surface area contributed by atoms with Gasteiger partial charge in [0.05, 0.1) is 4.92 Å². The average Bonchev–Trinajstić information content (AvgIpc) is 2.26. The second-order valence-corrected chi connectivity index (χ2v) is 4.71. The van der Waals surface area contributed by atoms with Crippen LogP contribution < -0.4 is 5.32 Å². The number of nitro groups is 1. The van der Waals surface area contributed by atoms with Gasteiger partial charge >= 0.3 is 5.97 Å². The Morgan fingerprint density at radius 3 is 2.72 bits per heavy atom. The fourth-order valence-corrected chi connectivity index (χ4v) is 1.57. The zero-order valence-corrected chi connectivity index (χ0v) is 10.3. The summed E-state index contributed by atoms with van der Waals surface area (Å²) >= 11 is 0. The molecule has 0 amide bonds. The summed E-state index contributed by atoms with van der Waals surface area (Å²) < 4.78 is 0. The molecule has 98 valence electrons. The van der Waals surface area contributed by atoms with E-state index in [0.29, 0.717) is 12.1 Å². The van der Waals surface area contributed by atoms with Crippen LogP contribution in [0.3, 0.4) is 0 Å². The van der Waals surface area contributed by atoms with E-state index in [-0.39, 0.29) is 12.1 Å². The van der Waals surface area contributed by atoms with Crippen molar-refractivity contribution in [2.75, 3.05) is 5.32 Å². The molecule has 6 nitrogen and oxygen atoms in total. The van der Waals surface area contributed by atoms with Crippen molar-refractivity contribution >= 4 is 17.3 Å². The van der Waals surface area contributed by atoms with Gasteiger partial charge in [-0.25, -0.2) is 0 Å². The standard InChI is InChI=1S/C12H16N2O4/c1-12(2,7-6-11(15)16)13-9-4-3-5-10(8-9)14(17)18/h3-5,8,13H,6-7H2,1-2H3,(H,15,16). The molecule has 0 atom stereocenters. The molecule has 1 aromatic carbocycles. The normalized spacial score (nSPS) is 11.0. The largest absolute Gasteiger partial charge is 0.481 e. The number of hydrogen-bond donors (Lipinski definition) is 2. The fraction of sp³-hybridized carbons (Fsp3) is 0.417. The molecule has 18 heavy (non-hydrogen) atoms. The number of hydrogen-bond acceptors (Lipinski definition) is 4. The van der Waals surface area contributed by atoms with Crippen LogP contribution in [0.2, 0.25) is 0 Å². The lowest BCUT2D eigenvalue weighted by atomic mass is 9.98. The first-order valence-corrected chi connectivity index (χ1v) is 5.54. The van der Waals surface area contributed by atoms with Crippen LogP contribution in [0.1, 0.15) is 26.7 Å². The number of nitrogens with zero attached hydrogens (tertiary/aromatic N) is 1. The molecule has 0 heterocycles. The van der Waals surface area contributed by atoms with Crippen molar-refractivity contribution < 1.29 is 14.8 Å². The van der Waals surface area contributed by atoms with Crippen molar-refractivity contribution in [3.63, 3.8) is 0 Å². The number of nitro benzene ring substituents is 1. The lowest BCUT2D eigenvalue weighted by molar-refractivity contribution is -0.384. The molecule has 1 aromatic rings. The Hall–Kier alpha value is -2.11. The zero-order chi connectivity index (χ0) is 13.8. The number of carbonyl (C=O) groups is 1. The minimum absolute atomic E-state index is 0.00837. The maximum Gasteiger partial charge on any atom is 0.303 e. The molecule has 0 aliphatic carbocycles. The number of benzene rings is 1. The number of aliphatic carboxylic acids is 1. The highest BCUT2D eigenvalue weighted by Gasteiger charge is 2.19. The monoisotopic (exact) mass is 252 g/mol. The van der Waals surface area contributed by atoms with Gasteiger partial charge in [0.25, 0.3) is 5.69 Å². The van der Waals surface area contributed by atoms with Gasteiger partial charge in [0.15, 0.2) is 0 Å². The molecule has 2 N–H and O–H groups in total. The summed E-state index contributed by atoms with van der Waals surface area (Å²) in [4.78, 5) is 20.7. The van der Waals surface area contributed by atoms with Crippen molar-refractivity contribution in [3.05, 3.63) is 34.4 Å². The van der Waals surface area contributed by atoms with Crippen molar-refractivity contribution in [2.45, 2.75) is 32.2 Å². The van der Waals surface area contributed by atoms with E-state index in [1.165, 1.54) is 12.1 Å². The molecule has 0 radical (unpaired) electrons. The van der Waals surface area contributed by atoms with E-state index >= 15 is 0 Å². The molecule has 1 rings (SSSR count). The predicted molar refractivity (Wildman–Crippen MR) is 67.7 cm³/mol. The van der Waals surface area contributed by atoms with E-state index in [9.17, 15) is 14.9 Å². The Balaban J connectivity index is 2.74. The molecule has 0 aliphatic heterocycles. The number of non-ortho nitro benzene ring substituents is 1. The Morgan fingerprint density at radius 1 is 1.50 bits per heavy atom. The quantitative estimate of drug-likeness (QED) is 0.599. The van der Waals surface area contributed by atoms with Gasteiger partial charge in [-0.3, -0.25) is 14.9 Å². The number of carboxylic acids is 1. The SMILES string of the molecule is CC(C)(CCC(=O)O)Nc1cccc([N+](=O)[O-])c1. The first-order valence-electron chi connectivity index (χ1n) is 5.54. The van der Waals surface area contributed by atoms with E-state index in [2.05, 4.69) is 5.32 Å². The molecular formula is C12H16N2O4. The summed E-state index contributed by atoms with van der Waals surface area (Å²) in [7, 11) is 0. The summed E-state index contributed by atoms with van der Waals surface area (Å²) in [6.45, 7) is 3.71. The summed E-state index contributed by atoms with van der Waals surface area (Å²) in [5, 5.41) is 22.4. The van der Waals surface area contributed by atoms with Gasteiger partial charge < -0.3 is 10.4 Å². The van der Waals surface area contributed by atoms with Gasteiger partial charge in [-0.15, -0.1) is 0 Å². The van der Waals surface area contributed by atoms with E-state index in [1.807, 2.05) is 13.8 Å². The Morgan fingerprint density at radius 2 is 2.17 bits per heavy atom. The minimum atomic E-state index is -0.857. The molecule has 0 saturated heterocycles. The summed E-state index contributed by atoms with van der Waals surface area (Å²) in [5.41, 5.74) is 0.182. The van der Waals surface area contributed by atoms with Gasteiger partial charge in [-0.1, -0.05) is 6.07 Å². The third-order valence-corrected chi connectivity index (χ3v) is 2.50. The zero-order valence-electron chi connectivity index (χ0n) is 10.3. The Bertz CT molecular complexity index is 457. The van der Waals surface area contributed by atoms with Gasteiger partial charge in [0, 0.05) is 29.8 Å². The van der Waals surface area contributed by atoms with Crippen LogP contribution in [0.4, 0.5) is 11.4 Å². The predicted octanol–water partition coefficient (Wildman–Crippen LogP) is 2.65. The smallest absolute Gasteiger partial charge is 0.303 e. The van der Waals surface area contributed by atoms with E-state index in [1.54, 1.807) is 12.1 Å². The Kier molecular flexibility index (Phi) is 4.25. The van der Waals surface area contributed by atoms with Crippen LogP contribution in [0.5, 0.6) is 0 Å². The van der Waals surface area contributed by atoms with Gasteiger partial charge in [0.2, 0.25) is 0 Å². The van der Waals surface area contributed by atoms with Gasteiger partial charge in [-0.05, 0) is 26.3 Å². The number of nitrogens with one attached hydrogen (secondary N) is 1. The highest BCUT2D eigenvalue weighted by atomic mass is 16.6. The van der Waals surface area contributed by atoms with Crippen LogP contribution in [0.25, 0.3) is 0 Å². The number of carboxylic acid groups (broad SMARTS) is 1. The van der Waals surface area contributed by atoms with Crippen LogP contribution in [-0.4, -0.2) is 21.5 Å². The van der Waals surface area contributed by atoms with Crippen LogP contribution in [0, 0.1) is 10.1 Å². The fourth-order valence-electron chi connectivity index (χ4n) is 1.57. The maximum atomic E-state index is 10.6. The van der Waals surface area contributed by atoms with Gasteiger partial charge in [0.1, 0.15) is 0 Å². The van der Waals surface area contributed by atoms with Crippen molar-refractivity contribution in [1.29, 1.82) is 0 Å². The molecule has 0 aromatic heterocycles. The lowest BCUT2D eigenvalue weighted by Crippen LogP contribution is -2.31. The number of rotatable bonds is 6. The second-order valence-electron chi connectivity index (χ2n) is 4.71. The molecule has 0 saturated carbocycles. The third kappa shape index (κ3) is 4.40. The topological polar surface area (TPSA) is 92.5 Å². The van der Waals surface area contributed by atoms with Crippen LogP contribution >= 0.6 is 0 Å². The minimum Gasteiger partial charge on any atom is -0.481 e. The van der Waals surface area contributed by atoms with E-state index < -0.39 is 16.4 Å². The lowest BCUT2D eigenvalue weighted by Gasteiger charge is -2.26. The molecule has 0 unspecified atom stereocenters. The van der Waals surface area contributed by atoms with Gasteiger partial charge in [-0.2, -0.15) is 0 Å². The molecule has 6 heteroatoms. The van der Waals surface area contributed by atoms with Crippen molar-refractivity contribution in [3.8, 4) is 0 Å². The summed E-state index contributed by atoms with van der Waals surface area (Å²) in [5.74, 6) is -0.857. The molecule has 0 spiro atoms. The molecular weight excluding hydrogens is 236 g/mol. The highest BCUT2D eigenvalue weighted by Crippen LogP contribution is 2.23. The first-order chi connectivity index (χ1) is 8.30. The van der Waals surface area contributed by atoms with E-state index in [0.717, 1.165) is 0 Å². The summed E-state index contributed by atoms with van der Waals surface area (Å²) in [6, 6.07) is 6.15. The highest BCUT2D eigenvalue weighted by molar-refractivity contribution is 5.67. The summed E-state index contributed by atoms with van der Waals surface area (Å²) in [6.07, 6.45) is 0.486. The first kappa shape index (κ1) is 14.0.